The van der Waals surface area contributed by atoms with E-state index in [0.717, 1.165) is 56.5 Å². The van der Waals surface area contributed by atoms with E-state index in [1.54, 1.807) is 0 Å². The number of amides is 1. The SMILES string of the molecule is Cc1cc(C2CCCN2C(=O)C2(N)CCCC2)on1. The van der Waals surface area contributed by atoms with Gasteiger partial charge in [-0.15, -0.1) is 0 Å². The number of rotatable bonds is 2. The summed E-state index contributed by atoms with van der Waals surface area (Å²) in [7, 11) is 0. The Balaban J connectivity index is 1.81. The van der Waals surface area contributed by atoms with Crippen molar-refractivity contribution in [3.8, 4) is 0 Å². The van der Waals surface area contributed by atoms with Crippen molar-refractivity contribution in [2.75, 3.05) is 6.54 Å². The number of hydrogen-bond acceptors (Lipinski definition) is 4. The molecule has 5 nitrogen and oxygen atoms in total. The molecule has 1 aromatic rings. The van der Waals surface area contributed by atoms with Crippen molar-refractivity contribution in [3.63, 3.8) is 0 Å². The van der Waals surface area contributed by atoms with Crippen LogP contribution in [-0.2, 0) is 4.79 Å². The van der Waals surface area contributed by atoms with Gasteiger partial charge in [-0.25, -0.2) is 0 Å². The molecule has 2 N–H and O–H groups in total. The van der Waals surface area contributed by atoms with Crippen molar-refractivity contribution < 1.29 is 9.32 Å². The van der Waals surface area contributed by atoms with Crippen LogP contribution < -0.4 is 5.73 Å². The van der Waals surface area contributed by atoms with Gasteiger partial charge in [0.1, 0.15) is 0 Å². The van der Waals surface area contributed by atoms with Crippen LogP contribution in [0.1, 0.15) is 56.0 Å². The second-order valence-corrected chi connectivity index (χ2v) is 5.89. The number of aryl methyl sites for hydroxylation is 1. The van der Waals surface area contributed by atoms with E-state index >= 15 is 0 Å². The van der Waals surface area contributed by atoms with E-state index in [2.05, 4.69) is 5.16 Å². The topological polar surface area (TPSA) is 72.4 Å². The molecule has 2 heterocycles. The van der Waals surface area contributed by atoms with E-state index in [1.165, 1.54) is 0 Å². The third-order valence-corrected chi connectivity index (χ3v) is 4.41. The molecule has 5 heteroatoms. The fourth-order valence-corrected chi connectivity index (χ4v) is 3.35. The second kappa shape index (κ2) is 4.63. The van der Waals surface area contributed by atoms with Gasteiger partial charge < -0.3 is 15.2 Å². The van der Waals surface area contributed by atoms with Gasteiger partial charge in [-0.1, -0.05) is 18.0 Å². The van der Waals surface area contributed by atoms with Gasteiger partial charge >= 0.3 is 0 Å². The number of nitrogens with zero attached hydrogens (tertiary/aromatic N) is 2. The van der Waals surface area contributed by atoms with Crippen LogP contribution in [0.15, 0.2) is 10.6 Å². The van der Waals surface area contributed by atoms with Crippen molar-refractivity contribution in [3.05, 3.63) is 17.5 Å². The van der Waals surface area contributed by atoms with Gasteiger partial charge in [0.2, 0.25) is 5.91 Å². The molecule has 1 aliphatic carbocycles. The molecule has 2 aliphatic rings. The van der Waals surface area contributed by atoms with Crippen molar-refractivity contribution in [2.45, 2.75) is 57.0 Å². The van der Waals surface area contributed by atoms with Gasteiger partial charge in [-0.2, -0.15) is 0 Å². The molecule has 19 heavy (non-hydrogen) atoms. The van der Waals surface area contributed by atoms with Crippen molar-refractivity contribution in [1.29, 1.82) is 0 Å². The lowest BCUT2D eigenvalue weighted by Gasteiger charge is -2.31. The van der Waals surface area contributed by atoms with Crippen LogP contribution in [0.4, 0.5) is 0 Å². The number of carbonyl (C=O) groups is 1. The molecule has 2 fully saturated rings. The van der Waals surface area contributed by atoms with Gasteiger partial charge in [0, 0.05) is 12.6 Å². The first kappa shape index (κ1) is 12.7. The second-order valence-electron chi connectivity index (χ2n) is 5.89. The van der Waals surface area contributed by atoms with E-state index in [-0.39, 0.29) is 11.9 Å². The molecule has 104 valence electrons. The Labute approximate surface area is 113 Å². The largest absolute Gasteiger partial charge is 0.359 e. The Morgan fingerprint density at radius 1 is 1.47 bits per heavy atom. The minimum Gasteiger partial charge on any atom is -0.359 e. The summed E-state index contributed by atoms with van der Waals surface area (Å²) in [6.45, 7) is 2.68. The average molecular weight is 263 g/mol. The lowest BCUT2D eigenvalue weighted by Crippen LogP contribution is -2.53. The highest BCUT2D eigenvalue weighted by atomic mass is 16.5. The lowest BCUT2D eigenvalue weighted by atomic mass is 9.96. The maximum Gasteiger partial charge on any atom is 0.243 e. The summed E-state index contributed by atoms with van der Waals surface area (Å²) in [5.74, 6) is 0.895. The molecule has 0 bridgehead atoms. The average Bonchev–Trinajstić information content (AvgIpc) is 3.08. The Morgan fingerprint density at radius 3 is 2.84 bits per heavy atom. The normalized spacial score (nSPS) is 26.0. The predicted molar refractivity (Wildman–Crippen MR) is 70.3 cm³/mol. The zero-order valence-corrected chi connectivity index (χ0v) is 11.4. The Hall–Kier alpha value is -1.36. The minimum atomic E-state index is -0.641. The molecule has 0 spiro atoms. The van der Waals surface area contributed by atoms with E-state index in [1.807, 2.05) is 17.9 Å². The summed E-state index contributed by atoms with van der Waals surface area (Å²) in [5, 5.41) is 3.93. The first-order valence-electron chi connectivity index (χ1n) is 7.13. The highest BCUT2D eigenvalue weighted by molar-refractivity contribution is 5.87. The Kier molecular flexibility index (Phi) is 3.09. The van der Waals surface area contributed by atoms with Crippen LogP contribution in [-0.4, -0.2) is 28.0 Å². The van der Waals surface area contributed by atoms with Gasteiger partial charge in [0.05, 0.1) is 17.3 Å². The van der Waals surface area contributed by atoms with E-state index in [4.69, 9.17) is 10.3 Å². The molecule has 0 radical (unpaired) electrons. The third-order valence-electron chi connectivity index (χ3n) is 4.41. The summed E-state index contributed by atoms with van der Waals surface area (Å²) in [4.78, 5) is 14.6. The van der Waals surface area contributed by atoms with E-state index < -0.39 is 5.54 Å². The highest BCUT2D eigenvalue weighted by Gasteiger charge is 2.44. The van der Waals surface area contributed by atoms with Gasteiger partial charge in [0.25, 0.3) is 0 Å². The highest BCUT2D eigenvalue weighted by Crippen LogP contribution is 2.37. The van der Waals surface area contributed by atoms with Crippen LogP contribution in [0, 0.1) is 6.92 Å². The van der Waals surface area contributed by atoms with Crippen molar-refractivity contribution >= 4 is 5.91 Å². The summed E-state index contributed by atoms with van der Waals surface area (Å²) in [6.07, 6.45) is 5.68. The molecular formula is C14H21N3O2. The molecule has 1 unspecified atom stereocenters. The van der Waals surface area contributed by atoms with Gasteiger partial charge in [-0.3, -0.25) is 4.79 Å². The molecule has 1 aliphatic heterocycles. The smallest absolute Gasteiger partial charge is 0.243 e. The van der Waals surface area contributed by atoms with Gasteiger partial charge in [0.15, 0.2) is 5.76 Å². The molecule has 1 amide bonds. The third kappa shape index (κ3) is 2.16. The fourth-order valence-electron chi connectivity index (χ4n) is 3.35. The number of likely N-dealkylation sites (tertiary alicyclic amines) is 1. The Morgan fingerprint density at radius 2 is 2.21 bits per heavy atom. The molecular weight excluding hydrogens is 242 g/mol. The molecule has 1 saturated carbocycles. The predicted octanol–water partition coefficient (Wildman–Crippen LogP) is 1.92. The zero-order valence-electron chi connectivity index (χ0n) is 11.4. The summed E-state index contributed by atoms with van der Waals surface area (Å²) in [5.41, 5.74) is 6.51. The fraction of sp³-hybridized carbons (Fsp3) is 0.714. The van der Waals surface area contributed by atoms with E-state index in [9.17, 15) is 4.79 Å². The number of aromatic nitrogens is 1. The number of hydrogen-bond donors (Lipinski definition) is 1. The maximum atomic E-state index is 12.7. The molecule has 1 aromatic heterocycles. The number of carbonyl (C=O) groups excluding carboxylic acids is 1. The first-order chi connectivity index (χ1) is 9.10. The van der Waals surface area contributed by atoms with Crippen LogP contribution in [0.25, 0.3) is 0 Å². The lowest BCUT2D eigenvalue weighted by molar-refractivity contribution is -0.138. The summed E-state index contributed by atoms with van der Waals surface area (Å²) in [6, 6.07) is 1.95. The molecule has 1 saturated heterocycles. The zero-order chi connectivity index (χ0) is 13.5. The quantitative estimate of drug-likeness (QED) is 0.884. The number of nitrogens with two attached hydrogens (primary N) is 1. The van der Waals surface area contributed by atoms with Crippen LogP contribution in [0.2, 0.25) is 0 Å². The summed E-state index contributed by atoms with van der Waals surface area (Å²) < 4.78 is 5.34. The molecule has 1 atom stereocenters. The maximum absolute atomic E-state index is 12.7. The molecule has 3 rings (SSSR count). The van der Waals surface area contributed by atoms with E-state index in [0.29, 0.717) is 0 Å². The standard InChI is InChI=1S/C14H21N3O2/c1-10-9-12(19-16-10)11-5-4-8-17(11)13(18)14(15)6-2-3-7-14/h9,11H,2-8,15H2,1H3. The monoisotopic (exact) mass is 263 g/mol. The van der Waals surface area contributed by atoms with Crippen LogP contribution in [0.3, 0.4) is 0 Å². The first-order valence-corrected chi connectivity index (χ1v) is 7.13. The van der Waals surface area contributed by atoms with Crippen molar-refractivity contribution in [1.82, 2.24) is 10.1 Å². The van der Waals surface area contributed by atoms with Crippen molar-refractivity contribution in [2.24, 2.45) is 5.73 Å². The summed E-state index contributed by atoms with van der Waals surface area (Å²) >= 11 is 0. The van der Waals surface area contributed by atoms with Crippen LogP contribution in [0.5, 0.6) is 0 Å². The Bertz CT molecular complexity index is 477. The van der Waals surface area contributed by atoms with Gasteiger partial charge in [-0.05, 0) is 32.6 Å². The minimum absolute atomic E-state index is 0.0229. The van der Waals surface area contributed by atoms with Crippen LogP contribution >= 0.6 is 0 Å². The molecule has 0 aromatic carbocycles.